The van der Waals surface area contributed by atoms with Gasteiger partial charge in [-0.3, -0.25) is 9.59 Å². The maximum Gasteiger partial charge on any atom is 0.237 e. The zero-order valence-corrected chi connectivity index (χ0v) is 16.6. The fourth-order valence-corrected chi connectivity index (χ4v) is 3.30. The maximum atomic E-state index is 12.5. The van der Waals surface area contributed by atoms with Crippen molar-refractivity contribution in [2.24, 2.45) is 0 Å². The maximum absolute atomic E-state index is 12.5. The van der Waals surface area contributed by atoms with E-state index in [0.717, 1.165) is 33.8 Å². The third kappa shape index (κ3) is 5.92. The smallest absolute Gasteiger partial charge is 0.237 e. The number of aryl methyl sites for hydroxylation is 2. The number of hydrogen-bond acceptors (Lipinski definition) is 3. The van der Waals surface area contributed by atoms with Crippen molar-refractivity contribution in [1.82, 2.24) is 0 Å². The Morgan fingerprint density at radius 3 is 2.38 bits per heavy atom. The molecule has 2 N–H and O–H groups in total. The Kier molecular flexibility index (Phi) is 7.27. The minimum atomic E-state index is -0.226. The summed E-state index contributed by atoms with van der Waals surface area (Å²) in [6.07, 6.45) is 1.35. The number of benzene rings is 2. The van der Waals surface area contributed by atoms with E-state index in [0.29, 0.717) is 6.42 Å². The van der Waals surface area contributed by atoms with Gasteiger partial charge in [0.25, 0.3) is 0 Å². The van der Waals surface area contributed by atoms with Gasteiger partial charge in [0.1, 0.15) is 0 Å². The second-order valence-corrected chi connectivity index (χ2v) is 7.80. The molecule has 2 amide bonds. The minimum Gasteiger partial charge on any atom is -0.326 e. The number of rotatable bonds is 7. The van der Waals surface area contributed by atoms with E-state index in [1.165, 1.54) is 11.8 Å². The zero-order valence-electron chi connectivity index (χ0n) is 15.8. The number of thioether (sulfide) groups is 1. The summed E-state index contributed by atoms with van der Waals surface area (Å²) >= 11 is 1.49. The zero-order chi connectivity index (χ0) is 19.1. The van der Waals surface area contributed by atoms with Crippen molar-refractivity contribution in [3.05, 3.63) is 53.6 Å². The summed E-state index contributed by atoms with van der Waals surface area (Å²) in [5.74, 6) is -0.00167. The van der Waals surface area contributed by atoms with E-state index in [-0.39, 0.29) is 17.1 Å². The van der Waals surface area contributed by atoms with Crippen LogP contribution in [-0.2, 0) is 9.59 Å². The fraction of sp³-hybridized carbons (Fsp3) is 0.333. The third-order valence-corrected chi connectivity index (χ3v) is 5.06. The number of nitrogens with one attached hydrogen (secondary N) is 2. The molecule has 0 heterocycles. The molecule has 2 aromatic carbocycles. The molecule has 0 fully saturated rings. The molecule has 4 nitrogen and oxygen atoms in total. The van der Waals surface area contributed by atoms with Gasteiger partial charge in [0.15, 0.2) is 0 Å². The number of amides is 2. The quantitative estimate of drug-likeness (QED) is 0.662. The molecule has 0 bridgehead atoms. The lowest BCUT2D eigenvalue weighted by Gasteiger charge is -2.14. The molecule has 0 saturated carbocycles. The largest absolute Gasteiger partial charge is 0.326 e. The lowest BCUT2D eigenvalue weighted by atomic mass is 10.1. The highest BCUT2D eigenvalue weighted by Crippen LogP contribution is 2.26. The first-order chi connectivity index (χ1) is 12.4. The van der Waals surface area contributed by atoms with Gasteiger partial charge < -0.3 is 10.6 Å². The molecule has 0 aliphatic rings. The lowest BCUT2D eigenvalue weighted by molar-refractivity contribution is -0.116. The van der Waals surface area contributed by atoms with E-state index in [9.17, 15) is 9.59 Å². The number of anilines is 2. The fourth-order valence-electron chi connectivity index (χ4n) is 2.43. The summed E-state index contributed by atoms with van der Waals surface area (Å²) in [5, 5.41) is 5.64. The molecule has 138 valence electrons. The van der Waals surface area contributed by atoms with Crippen molar-refractivity contribution in [1.29, 1.82) is 0 Å². The average Bonchev–Trinajstić information content (AvgIpc) is 2.60. The molecule has 1 unspecified atom stereocenters. The molecular weight excluding hydrogens is 344 g/mol. The normalized spacial score (nSPS) is 11.7. The second kappa shape index (κ2) is 9.43. The van der Waals surface area contributed by atoms with Crippen LogP contribution in [0, 0.1) is 13.8 Å². The molecule has 5 heteroatoms. The molecule has 0 saturated heterocycles. The van der Waals surface area contributed by atoms with Gasteiger partial charge in [0, 0.05) is 22.7 Å². The van der Waals surface area contributed by atoms with Gasteiger partial charge in [-0.15, -0.1) is 11.8 Å². The van der Waals surface area contributed by atoms with Crippen LogP contribution in [0.4, 0.5) is 11.4 Å². The lowest BCUT2D eigenvalue weighted by Crippen LogP contribution is -2.22. The molecule has 2 aromatic rings. The van der Waals surface area contributed by atoms with Gasteiger partial charge in [-0.1, -0.05) is 19.1 Å². The Bertz CT molecular complexity index is 772. The average molecular weight is 371 g/mol. The van der Waals surface area contributed by atoms with Crippen LogP contribution < -0.4 is 10.6 Å². The van der Waals surface area contributed by atoms with Crippen molar-refractivity contribution in [3.63, 3.8) is 0 Å². The first-order valence-corrected chi connectivity index (χ1v) is 9.71. The van der Waals surface area contributed by atoms with E-state index in [4.69, 9.17) is 0 Å². The summed E-state index contributed by atoms with van der Waals surface area (Å²) in [7, 11) is 0. The SMILES string of the molecule is CCCC(=O)Nc1ccc(SC(C)C(=O)Nc2cc(C)ccc2C)cc1. The monoisotopic (exact) mass is 370 g/mol. The van der Waals surface area contributed by atoms with Crippen molar-refractivity contribution in [2.45, 2.75) is 50.7 Å². The topological polar surface area (TPSA) is 58.2 Å². The Hall–Kier alpha value is -2.27. The minimum absolute atomic E-state index is 0.0224. The molecule has 26 heavy (non-hydrogen) atoms. The van der Waals surface area contributed by atoms with Crippen LogP contribution in [0.15, 0.2) is 47.4 Å². The molecular formula is C21H26N2O2S. The van der Waals surface area contributed by atoms with Crippen molar-refractivity contribution in [3.8, 4) is 0 Å². The van der Waals surface area contributed by atoms with Crippen LogP contribution in [-0.4, -0.2) is 17.1 Å². The predicted octanol–water partition coefficient (Wildman–Crippen LogP) is 5.16. The third-order valence-electron chi connectivity index (χ3n) is 3.95. The highest BCUT2D eigenvalue weighted by atomic mass is 32.2. The van der Waals surface area contributed by atoms with Gasteiger partial charge in [-0.2, -0.15) is 0 Å². The van der Waals surface area contributed by atoms with Crippen LogP contribution in [0.5, 0.6) is 0 Å². The highest BCUT2D eigenvalue weighted by Gasteiger charge is 2.15. The molecule has 0 spiro atoms. The van der Waals surface area contributed by atoms with Crippen LogP contribution in [0.3, 0.4) is 0 Å². The van der Waals surface area contributed by atoms with E-state index in [2.05, 4.69) is 10.6 Å². The number of hydrogen-bond donors (Lipinski definition) is 2. The van der Waals surface area contributed by atoms with Crippen molar-refractivity contribution < 1.29 is 9.59 Å². The number of carbonyl (C=O) groups is 2. The molecule has 0 aromatic heterocycles. The second-order valence-electron chi connectivity index (χ2n) is 6.39. The summed E-state index contributed by atoms with van der Waals surface area (Å²) in [6.45, 7) is 7.86. The Morgan fingerprint density at radius 1 is 1.04 bits per heavy atom. The molecule has 2 rings (SSSR count). The standard InChI is InChI=1S/C21H26N2O2S/c1-5-6-20(24)22-17-9-11-18(12-10-17)26-16(4)21(25)23-19-13-14(2)7-8-15(19)3/h7-13,16H,5-6H2,1-4H3,(H,22,24)(H,23,25). The Balaban J connectivity index is 1.94. The molecule has 0 radical (unpaired) electrons. The Morgan fingerprint density at radius 2 is 1.73 bits per heavy atom. The number of carbonyl (C=O) groups excluding carboxylic acids is 2. The summed E-state index contributed by atoms with van der Waals surface area (Å²) in [5.41, 5.74) is 3.80. The highest BCUT2D eigenvalue weighted by molar-refractivity contribution is 8.00. The van der Waals surface area contributed by atoms with Gasteiger partial charge in [-0.05, 0) is 68.7 Å². The van der Waals surface area contributed by atoms with E-state index in [1.54, 1.807) is 0 Å². The van der Waals surface area contributed by atoms with Crippen molar-refractivity contribution in [2.75, 3.05) is 10.6 Å². The summed E-state index contributed by atoms with van der Waals surface area (Å²) in [6, 6.07) is 13.6. The molecule has 0 aliphatic carbocycles. The predicted molar refractivity (Wildman–Crippen MR) is 110 cm³/mol. The van der Waals surface area contributed by atoms with Gasteiger partial charge in [0.05, 0.1) is 5.25 Å². The summed E-state index contributed by atoms with van der Waals surface area (Å²) < 4.78 is 0. The van der Waals surface area contributed by atoms with E-state index >= 15 is 0 Å². The van der Waals surface area contributed by atoms with Crippen molar-refractivity contribution >= 4 is 35.0 Å². The van der Waals surface area contributed by atoms with E-state index < -0.39 is 0 Å². The van der Waals surface area contributed by atoms with E-state index in [1.807, 2.05) is 70.2 Å². The van der Waals surface area contributed by atoms with Crippen LogP contribution >= 0.6 is 11.8 Å². The Labute approximate surface area is 159 Å². The van der Waals surface area contributed by atoms with Crippen LogP contribution in [0.25, 0.3) is 0 Å². The summed E-state index contributed by atoms with van der Waals surface area (Å²) in [4.78, 5) is 25.1. The molecule has 1 atom stereocenters. The van der Waals surface area contributed by atoms with Crippen LogP contribution in [0.1, 0.15) is 37.8 Å². The first kappa shape index (κ1) is 20.0. The van der Waals surface area contributed by atoms with Crippen LogP contribution in [0.2, 0.25) is 0 Å². The first-order valence-electron chi connectivity index (χ1n) is 8.83. The van der Waals surface area contributed by atoms with Gasteiger partial charge in [0.2, 0.25) is 11.8 Å². The van der Waals surface area contributed by atoms with Gasteiger partial charge >= 0.3 is 0 Å². The van der Waals surface area contributed by atoms with Gasteiger partial charge in [-0.25, -0.2) is 0 Å². The molecule has 0 aliphatic heterocycles.